The Morgan fingerprint density at radius 1 is 0.889 bits per heavy atom. The van der Waals surface area contributed by atoms with E-state index < -0.39 is 11.7 Å². The van der Waals surface area contributed by atoms with Crippen molar-refractivity contribution in [3.05, 3.63) is 29.8 Å². The number of amides is 2. The highest BCUT2D eigenvalue weighted by molar-refractivity contribution is 5.92. The van der Waals surface area contributed by atoms with Gasteiger partial charge in [0.1, 0.15) is 0 Å². The molecule has 7 heteroatoms. The Bertz CT molecular complexity index is 659. The van der Waals surface area contributed by atoms with Gasteiger partial charge in [-0.25, -0.2) is 0 Å². The van der Waals surface area contributed by atoms with Crippen molar-refractivity contribution in [2.75, 3.05) is 18.4 Å². The Labute approximate surface area is 157 Å². The summed E-state index contributed by atoms with van der Waals surface area (Å²) in [7, 11) is 0. The lowest BCUT2D eigenvalue weighted by Gasteiger charge is -2.34. The minimum Gasteiger partial charge on any atom is -0.342 e. The summed E-state index contributed by atoms with van der Waals surface area (Å²) in [5, 5.41) is 2.69. The molecule has 2 amide bonds. The van der Waals surface area contributed by atoms with E-state index in [9.17, 15) is 22.8 Å². The van der Waals surface area contributed by atoms with Crippen molar-refractivity contribution in [2.24, 2.45) is 11.8 Å². The second kappa shape index (κ2) is 8.31. The molecule has 1 N–H and O–H groups in total. The first kappa shape index (κ1) is 19.7. The van der Waals surface area contributed by atoms with Crippen LogP contribution in [0.25, 0.3) is 0 Å². The van der Waals surface area contributed by atoms with E-state index in [2.05, 4.69) is 5.32 Å². The smallest absolute Gasteiger partial charge is 0.342 e. The van der Waals surface area contributed by atoms with Crippen LogP contribution in [0, 0.1) is 11.8 Å². The fourth-order valence-corrected chi connectivity index (χ4v) is 3.96. The highest BCUT2D eigenvalue weighted by Gasteiger charge is 2.32. The Hall–Kier alpha value is -2.05. The summed E-state index contributed by atoms with van der Waals surface area (Å²) < 4.78 is 37.8. The molecule has 1 heterocycles. The van der Waals surface area contributed by atoms with Crippen LogP contribution in [0.2, 0.25) is 0 Å². The maximum atomic E-state index is 12.6. The third kappa shape index (κ3) is 5.02. The van der Waals surface area contributed by atoms with Crippen molar-refractivity contribution >= 4 is 17.5 Å². The van der Waals surface area contributed by atoms with E-state index in [-0.39, 0.29) is 23.7 Å². The molecule has 27 heavy (non-hydrogen) atoms. The van der Waals surface area contributed by atoms with Gasteiger partial charge < -0.3 is 10.2 Å². The zero-order valence-electron chi connectivity index (χ0n) is 15.2. The molecule has 1 saturated carbocycles. The van der Waals surface area contributed by atoms with Crippen molar-refractivity contribution in [3.8, 4) is 0 Å². The molecule has 148 valence electrons. The topological polar surface area (TPSA) is 49.4 Å². The normalized spacial score (nSPS) is 19.7. The molecule has 1 aromatic rings. The zero-order valence-corrected chi connectivity index (χ0v) is 15.2. The molecule has 4 nitrogen and oxygen atoms in total. The fourth-order valence-electron chi connectivity index (χ4n) is 3.96. The van der Waals surface area contributed by atoms with Crippen LogP contribution in [-0.2, 0) is 15.8 Å². The lowest BCUT2D eigenvalue weighted by molar-refractivity contribution is -0.139. The highest BCUT2D eigenvalue weighted by Crippen LogP contribution is 2.30. The number of rotatable bonds is 3. The van der Waals surface area contributed by atoms with Gasteiger partial charge in [-0.1, -0.05) is 19.3 Å². The van der Waals surface area contributed by atoms with Gasteiger partial charge in [0.25, 0.3) is 0 Å². The Morgan fingerprint density at radius 3 is 2.04 bits per heavy atom. The molecule has 1 aliphatic heterocycles. The minimum atomic E-state index is -4.39. The van der Waals surface area contributed by atoms with Crippen LogP contribution in [0.3, 0.4) is 0 Å². The number of alkyl halides is 3. The van der Waals surface area contributed by atoms with Crippen LogP contribution in [-0.4, -0.2) is 29.8 Å². The molecule has 2 fully saturated rings. The van der Waals surface area contributed by atoms with Gasteiger partial charge in [0.05, 0.1) is 5.56 Å². The molecule has 0 spiro atoms. The first-order chi connectivity index (χ1) is 12.8. The predicted octanol–water partition coefficient (Wildman–Crippen LogP) is 4.46. The molecule has 0 unspecified atom stereocenters. The van der Waals surface area contributed by atoms with Gasteiger partial charge in [-0.05, 0) is 49.9 Å². The summed E-state index contributed by atoms with van der Waals surface area (Å²) in [4.78, 5) is 26.8. The van der Waals surface area contributed by atoms with Crippen molar-refractivity contribution < 1.29 is 22.8 Å². The molecule has 2 aliphatic rings. The van der Waals surface area contributed by atoms with Crippen LogP contribution in [0.1, 0.15) is 50.5 Å². The molecule has 0 bridgehead atoms. The quantitative estimate of drug-likeness (QED) is 0.839. The SMILES string of the molecule is O=C(Nc1ccc(C(F)(F)F)cc1)C1CCN(C(=O)C2CCCCC2)CC1. The van der Waals surface area contributed by atoms with E-state index >= 15 is 0 Å². The van der Waals surface area contributed by atoms with E-state index in [0.717, 1.165) is 37.8 Å². The maximum Gasteiger partial charge on any atom is 0.416 e. The highest BCUT2D eigenvalue weighted by atomic mass is 19.4. The van der Waals surface area contributed by atoms with Gasteiger partial charge in [-0.3, -0.25) is 9.59 Å². The van der Waals surface area contributed by atoms with Gasteiger partial charge >= 0.3 is 6.18 Å². The number of nitrogens with one attached hydrogen (secondary N) is 1. The number of likely N-dealkylation sites (tertiary alicyclic amines) is 1. The second-order valence-corrected chi connectivity index (χ2v) is 7.50. The van der Waals surface area contributed by atoms with Gasteiger partial charge in [-0.2, -0.15) is 13.2 Å². The number of anilines is 1. The van der Waals surface area contributed by atoms with E-state index in [1.54, 1.807) is 0 Å². The predicted molar refractivity (Wildman–Crippen MR) is 96.0 cm³/mol. The lowest BCUT2D eigenvalue weighted by atomic mass is 9.87. The third-order valence-corrected chi connectivity index (χ3v) is 5.61. The van der Waals surface area contributed by atoms with Gasteiger partial charge in [0.2, 0.25) is 11.8 Å². The van der Waals surface area contributed by atoms with Crippen LogP contribution in [0.5, 0.6) is 0 Å². The summed E-state index contributed by atoms with van der Waals surface area (Å²) >= 11 is 0. The van der Waals surface area contributed by atoms with E-state index in [1.165, 1.54) is 18.6 Å². The molecule has 0 radical (unpaired) electrons. The number of benzene rings is 1. The Morgan fingerprint density at radius 2 is 1.48 bits per heavy atom. The van der Waals surface area contributed by atoms with Crippen LogP contribution < -0.4 is 5.32 Å². The van der Waals surface area contributed by atoms with Crippen molar-refractivity contribution in [3.63, 3.8) is 0 Å². The number of carbonyl (C=O) groups is 2. The summed E-state index contributed by atoms with van der Waals surface area (Å²) in [6.45, 7) is 1.14. The average molecular weight is 382 g/mol. The maximum absolute atomic E-state index is 12.6. The van der Waals surface area contributed by atoms with E-state index in [4.69, 9.17) is 0 Å². The number of halogens is 3. The minimum absolute atomic E-state index is 0.135. The first-order valence-electron chi connectivity index (χ1n) is 9.61. The summed E-state index contributed by atoms with van der Waals surface area (Å²) in [5.41, 5.74) is -0.385. The Balaban J connectivity index is 1.49. The largest absolute Gasteiger partial charge is 0.416 e. The molecular formula is C20H25F3N2O2. The summed E-state index contributed by atoms with van der Waals surface area (Å²) in [6.07, 6.45) is 2.15. The number of hydrogen-bond acceptors (Lipinski definition) is 2. The number of nitrogens with zero attached hydrogens (tertiary/aromatic N) is 1. The number of piperidine rings is 1. The lowest BCUT2D eigenvalue weighted by Crippen LogP contribution is -2.44. The third-order valence-electron chi connectivity index (χ3n) is 5.61. The number of hydrogen-bond donors (Lipinski definition) is 1. The van der Waals surface area contributed by atoms with Crippen molar-refractivity contribution in [1.82, 2.24) is 4.90 Å². The standard InChI is InChI=1S/C20H25F3N2O2/c21-20(22,23)16-6-8-17(9-7-16)24-18(26)14-10-12-25(13-11-14)19(27)15-4-2-1-3-5-15/h6-9,14-15H,1-5,10-13H2,(H,24,26). The van der Waals surface area contributed by atoms with Gasteiger partial charge in [0.15, 0.2) is 0 Å². The average Bonchev–Trinajstić information content (AvgIpc) is 2.68. The van der Waals surface area contributed by atoms with Crippen LogP contribution in [0.15, 0.2) is 24.3 Å². The molecular weight excluding hydrogens is 357 g/mol. The molecule has 1 aromatic carbocycles. The Kier molecular flexibility index (Phi) is 6.07. The van der Waals surface area contributed by atoms with Gasteiger partial charge in [-0.15, -0.1) is 0 Å². The number of carbonyl (C=O) groups excluding carboxylic acids is 2. The molecule has 0 aromatic heterocycles. The zero-order chi connectivity index (χ0) is 19.4. The van der Waals surface area contributed by atoms with E-state index in [0.29, 0.717) is 31.6 Å². The first-order valence-corrected chi connectivity index (χ1v) is 9.61. The molecule has 0 atom stereocenters. The van der Waals surface area contributed by atoms with Crippen molar-refractivity contribution in [1.29, 1.82) is 0 Å². The molecule has 1 saturated heterocycles. The van der Waals surface area contributed by atoms with Crippen LogP contribution >= 0.6 is 0 Å². The van der Waals surface area contributed by atoms with Gasteiger partial charge in [0, 0.05) is 30.6 Å². The monoisotopic (exact) mass is 382 g/mol. The second-order valence-electron chi connectivity index (χ2n) is 7.50. The summed E-state index contributed by atoms with van der Waals surface area (Å²) in [5.74, 6) is -0.0604. The molecule has 3 rings (SSSR count). The molecule has 1 aliphatic carbocycles. The van der Waals surface area contributed by atoms with Crippen molar-refractivity contribution in [2.45, 2.75) is 51.1 Å². The summed E-state index contributed by atoms with van der Waals surface area (Å²) in [6, 6.07) is 4.45. The fraction of sp³-hybridized carbons (Fsp3) is 0.600. The van der Waals surface area contributed by atoms with E-state index in [1.807, 2.05) is 4.90 Å². The van der Waals surface area contributed by atoms with Crippen LogP contribution in [0.4, 0.5) is 18.9 Å².